The van der Waals surface area contributed by atoms with Crippen LogP contribution in [0.5, 0.6) is 0 Å². The van der Waals surface area contributed by atoms with Crippen molar-refractivity contribution in [3.8, 4) is 0 Å². The molecule has 1 fully saturated rings. The molecule has 1 aromatic heterocycles. The van der Waals surface area contributed by atoms with Gasteiger partial charge in [0.1, 0.15) is 11.6 Å². The fourth-order valence-electron chi connectivity index (χ4n) is 2.79. The van der Waals surface area contributed by atoms with E-state index in [-0.39, 0.29) is 17.5 Å². The van der Waals surface area contributed by atoms with Crippen LogP contribution in [0.4, 0.5) is 26.1 Å². The van der Waals surface area contributed by atoms with Gasteiger partial charge in [0.05, 0.1) is 5.69 Å². The Labute approximate surface area is 138 Å². The molecule has 0 bridgehead atoms. The maximum Gasteiger partial charge on any atom is 0.228 e. The molecule has 5 nitrogen and oxygen atoms in total. The van der Waals surface area contributed by atoms with Crippen molar-refractivity contribution in [1.82, 2.24) is 10.2 Å². The number of rotatable bonds is 4. The Hall–Kier alpha value is -2.57. The monoisotopic (exact) mass is 332 g/mol. The van der Waals surface area contributed by atoms with Gasteiger partial charge in [0, 0.05) is 12.0 Å². The molecular weight excluding hydrogens is 314 g/mol. The van der Waals surface area contributed by atoms with Crippen LogP contribution >= 0.6 is 0 Å². The molecule has 0 saturated heterocycles. The number of hydrogen-bond acceptors (Lipinski definition) is 4. The first-order valence-electron chi connectivity index (χ1n) is 7.98. The van der Waals surface area contributed by atoms with Gasteiger partial charge in [-0.1, -0.05) is 19.3 Å². The lowest BCUT2D eigenvalue weighted by Crippen LogP contribution is -2.25. The first-order chi connectivity index (χ1) is 11.6. The van der Waals surface area contributed by atoms with Crippen molar-refractivity contribution in [2.24, 2.45) is 5.92 Å². The molecule has 7 heteroatoms. The van der Waals surface area contributed by atoms with Crippen LogP contribution in [-0.2, 0) is 4.79 Å². The smallest absolute Gasteiger partial charge is 0.228 e. The largest absolute Gasteiger partial charge is 0.336 e. The molecule has 1 aliphatic carbocycles. The number of aromatic nitrogens is 2. The van der Waals surface area contributed by atoms with Gasteiger partial charge in [-0.25, -0.2) is 8.78 Å². The molecule has 0 aliphatic heterocycles. The van der Waals surface area contributed by atoms with Gasteiger partial charge in [-0.3, -0.25) is 4.79 Å². The van der Waals surface area contributed by atoms with E-state index in [0.717, 1.165) is 37.8 Å². The molecule has 1 heterocycles. The highest BCUT2D eigenvalue weighted by molar-refractivity contribution is 5.91. The minimum atomic E-state index is -0.716. The van der Waals surface area contributed by atoms with E-state index >= 15 is 0 Å². The van der Waals surface area contributed by atoms with Crippen LogP contribution in [0.15, 0.2) is 30.3 Å². The molecule has 1 amide bonds. The average molecular weight is 332 g/mol. The Morgan fingerprint density at radius 3 is 2.38 bits per heavy atom. The maximum absolute atomic E-state index is 13.6. The Morgan fingerprint density at radius 1 is 1.00 bits per heavy atom. The molecular formula is C17H18F2N4O. The third-order valence-electron chi connectivity index (χ3n) is 4.09. The topological polar surface area (TPSA) is 66.9 Å². The van der Waals surface area contributed by atoms with Gasteiger partial charge in [0.15, 0.2) is 11.6 Å². The van der Waals surface area contributed by atoms with Crippen molar-refractivity contribution in [3.63, 3.8) is 0 Å². The van der Waals surface area contributed by atoms with Gasteiger partial charge in [0.2, 0.25) is 5.91 Å². The van der Waals surface area contributed by atoms with E-state index in [2.05, 4.69) is 20.8 Å². The highest BCUT2D eigenvalue weighted by Crippen LogP contribution is 2.25. The van der Waals surface area contributed by atoms with E-state index in [0.29, 0.717) is 11.6 Å². The Bertz CT molecular complexity index is 715. The van der Waals surface area contributed by atoms with Gasteiger partial charge in [-0.15, -0.1) is 10.2 Å². The van der Waals surface area contributed by atoms with E-state index in [1.165, 1.54) is 12.5 Å². The van der Waals surface area contributed by atoms with E-state index in [9.17, 15) is 13.6 Å². The Morgan fingerprint density at radius 2 is 1.71 bits per heavy atom. The summed E-state index contributed by atoms with van der Waals surface area (Å²) in [5, 5.41) is 13.3. The third-order valence-corrected chi connectivity index (χ3v) is 4.09. The van der Waals surface area contributed by atoms with Gasteiger partial charge in [0.25, 0.3) is 0 Å². The molecule has 0 unspecified atom stereocenters. The molecule has 0 atom stereocenters. The third kappa shape index (κ3) is 4.04. The number of anilines is 3. The van der Waals surface area contributed by atoms with Crippen molar-refractivity contribution in [2.45, 2.75) is 32.1 Å². The van der Waals surface area contributed by atoms with Crippen molar-refractivity contribution in [1.29, 1.82) is 0 Å². The normalized spacial score (nSPS) is 15.1. The zero-order valence-corrected chi connectivity index (χ0v) is 13.1. The maximum atomic E-state index is 13.6. The second-order valence-electron chi connectivity index (χ2n) is 5.88. The fourth-order valence-corrected chi connectivity index (χ4v) is 2.79. The van der Waals surface area contributed by atoms with Gasteiger partial charge in [-0.05, 0) is 37.1 Å². The number of carbonyl (C=O) groups excluding carboxylic acids is 1. The zero-order chi connectivity index (χ0) is 16.9. The van der Waals surface area contributed by atoms with Crippen LogP contribution in [0.3, 0.4) is 0 Å². The van der Waals surface area contributed by atoms with Crippen LogP contribution in [0.1, 0.15) is 32.1 Å². The lowest BCUT2D eigenvalue weighted by Gasteiger charge is -2.20. The summed E-state index contributed by atoms with van der Waals surface area (Å²) in [7, 11) is 0. The van der Waals surface area contributed by atoms with E-state index in [1.54, 1.807) is 12.1 Å². The lowest BCUT2D eigenvalue weighted by molar-refractivity contribution is -0.120. The SMILES string of the molecule is O=C(Nc1ccc(Nc2ccc(F)cc2F)nn1)C1CCCCC1. The second-order valence-corrected chi connectivity index (χ2v) is 5.88. The Kier molecular flexibility index (Phi) is 4.98. The zero-order valence-electron chi connectivity index (χ0n) is 13.1. The summed E-state index contributed by atoms with van der Waals surface area (Å²) in [5.74, 6) is -0.704. The highest BCUT2D eigenvalue weighted by atomic mass is 19.1. The molecule has 1 aromatic carbocycles. The summed E-state index contributed by atoms with van der Waals surface area (Å²) in [5.41, 5.74) is 0.102. The van der Waals surface area contributed by atoms with E-state index < -0.39 is 11.6 Å². The van der Waals surface area contributed by atoms with Crippen LogP contribution < -0.4 is 10.6 Å². The molecule has 2 N–H and O–H groups in total. The molecule has 3 rings (SSSR count). The molecule has 1 saturated carbocycles. The standard InChI is InChI=1S/C17H18F2N4O/c18-12-6-7-14(13(19)10-12)20-15-8-9-16(23-22-15)21-17(24)11-4-2-1-3-5-11/h6-11H,1-5H2,(H,20,22)(H,21,23,24). The highest BCUT2D eigenvalue weighted by Gasteiger charge is 2.21. The summed E-state index contributed by atoms with van der Waals surface area (Å²) in [6, 6.07) is 6.39. The number of amides is 1. The second kappa shape index (κ2) is 7.33. The molecule has 2 aromatic rings. The number of nitrogens with zero attached hydrogens (tertiary/aromatic N) is 2. The van der Waals surface area contributed by atoms with Crippen molar-refractivity contribution >= 4 is 23.2 Å². The van der Waals surface area contributed by atoms with Crippen molar-refractivity contribution in [3.05, 3.63) is 42.0 Å². The summed E-state index contributed by atoms with van der Waals surface area (Å²) < 4.78 is 26.5. The minimum absolute atomic E-state index is 0.0331. The van der Waals surface area contributed by atoms with Gasteiger partial charge < -0.3 is 10.6 Å². The predicted molar refractivity (Wildman–Crippen MR) is 86.9 cm³/mol. The molecule has 1 aliphatic rings. The number of carbonyl (C=O) groups is 1. The summed E-state index contributed by atoms with van der Waals surface area (Å²) >= 11 is 0. The molecule has 0 spiro atoms. The van der Waals surface area contributed by atoms with Gasteiger partial charge >= 0.3 is 0 Å². The van der Waals surface area contributed by atoms with Crippen LogP contribution in [-0.4, -0.2) is 16.1 Å². The van der Waals surface area contributed by atoms with Crippen molar-refractivity contribution in [2.75, 3.05) is 10.6 Å². The van der Waals surface area contributed by atoms with Crippen LogP contribution in [0.2, 0.25) is 0 Å². The minimum Gasteiger partial charge on any atom is -0.336 e. The van der Waals surface area contributed by atoms with Crippen LogP contribution in [0, 0.1) is 17.6 Å². The van der Waals surface area contributed by atoms with E-state index in [4.69, 9.17) is 0 Å². The summed E-state index contributed by atoms with van der Waals surface area (Å²) in [4.78, 5) is 12.1. The van der Waals surface area contributed by atoms with Crippen molar-refractivity contribution < 1.29 is 13.6 Å². The molecule has 0 radical (unpaired) electrons. The number of nitrogens with one attached hydrogen (secondary N) is 2. The summed E-state index contributed by atoms with van der Waals surface area (Å²) in [6.07, 6.45) is 5.15. The van der Waals surface area contributed by atoms with Gasteiger partial charge in [-0.2, -0.15) is 0 Å². The first-order valence-corrected chi connectivity index (χ1v) is 7.98. The summed E-state index contributed by atoms with van der Waals surface area (Å²) in [6.45, 7) is 0. The quantitative estimate of drug-likeness (QED) is 0.887. The first kappa shape index (κ1) is 16.3. The lowest BCUT2D eigenvalue weighted by atomic mass is 9.89. The number of halogens is 2. The van der Waals surface area contributed by atoms with E-state index in [1.807, 2.05) is 0 Å². The predicted octanol–water partition coefficient (Wildman–Crippen LogP) is 4.02. The number of benzene rings is 1. The average Bonchev–Trinajstić information content (AvgIpc) is 2.60. The Balaban J connectivity index is 1.61. The molecule has 126 valence electrons. The fraction of sp³-hybridized carbons (Fsp3) is 0.353. The molecule has 24 heavy (non-hydrogen) atoms. The number of hydrogen-bond donors (Lipinski definition) is 2. The van der Waals surface area contributed by atoms with Crippen LogP contribution in [0.25, 0.3) is 0 Å².